The first-order valence-electron chi connectivity index (χ1n) is 9.72. The molecule has 2 N–H and O–H groups in total. The number of aryl methyl sites for hydroxylation is 1. The second-order valence-electron chi connectivity index (χ2n) is 7.30. The number of nitrogens with one attached hydrogen (secondary N) is 2. The van der Waals surface area contributed by atoms with Gasteiger partial charge in [0.15, 0.2) is 0 Å². The number of para-hydroxylation sites is 1. The van der Waals surface area contributed by atoms with Crippen LogP contribution in [0.1, 0.15) is 28.9 Å². The van der Waals surface area contributed by atoms with Gasteiger partial charge < -0.3 is 19.7 Å². The normalized spacial score (nSPS) is 15.6. The fourth-order valence-electron chi connectivity index (χ4n) is 3.66. The van der Waals surface area contributed by atoms with E-state index in [2.05, 4.69) is 25.4 Å². The molecule has 8 nitrogen and oxygen atoms in total. The predicted molar refractivity (Wildman–Crippen MR) is 111 cm³/mol. The van der Waals surface area contributed by atoms with Crippen molar-refractivity contribution in [2.45, 2.75) is 25.9 Å². The first-order chi connectivity index (χ1) is 14.7. The van der Waals surface area contributed by atoms with Crippen LogP contribution >= 0.6 is 0 Å². The molecule has 0 saturated carbocycles. The first kappa shape index (κ1) is 18.1. The number of aromatic amines is 1. The van der Waals surface area contributed by atoms with E-state index in [1.54, 1.807) is 11.2 Å². The quantitative estimate of drug-likeness (QED) is 0.539. The Bertz CT molecular complexity index is 1180. The molecule has 0 bridgehead atoms. The molecule has 8 heteroatoms. The number of aromatic nitrogens is 4. The molecule has 1 aliphatic rings. The Balaban J connectivity index is 1.46. The molecule has 4 aromatic rings. The zero-order valence-corrected chi connectivity index (χ0v) is 16.4. The second kappa shape index (κ2) is 7.47. The fourth-order valence-corrected chi connectivity index (χ4v) is 3.66. The minimum Gasteiger partial charge on any atom is -0.347 e. The smallest absolute Gasteiger partial charge is 0.322 e. The van der Waals surface area contributed by atoms with Crippen molar-refractivity contribution in [2.24, 2.45) is 0 Å². The molecule has 0 unspecified atom stereocenters. The van der Waals surface area contributed by atoms with Gasteiger partial charge in [0.2, 0.25) is 11.7 Å². The molecule has 0 fully saturated rings. The topological polar surface area (TPSA) is 99.9 Å². The molecule has 2 aromatic carbocycles. The van der Waals surface area contributed by atoms with E-state index in [0.29, 0.717) is 24.7 Å². The van der Waals surface area contributed by atoms with Crippen molar-refractivity contribution in [3.05, 3.63) is 83.8 Å². The van der Waals surface area contributed by atoms with Gasteiger partial charge in [-0.15, -0.1) is 0 Å². The van der Waals surface area contributed by atoms with E-state index in [4.69, 9.17) is 4.52 Å². The number of imidazole rings is 1. The maximum atomic E-state index is 13.1. The van der Waals surface area contributed by atoms with Crippen LogP contribution in [0.15, 0.2) is 65.4 Å². The summed E-state index contributed by atoms with van der Waals surface area (Å²) in [4.78, 5) is 26.9. The van der Waals surface area contributed by atoms with E-state index in [9.17, 15) is 4.79 Å². The van der Waals surface area contributed by atoms with Gasteiger partial charge in [-0.25, -0.2) is 9.78 Å². The summed E-state index contributed by atoms with van der Waals surface area (Å²) in [7, 11) is 0. The third kappa shape index (κ3) is 3.43. The number of hydrogen-bond donors (Lipinski definition) is 2. The van der Waals surface area contributed by atoms with E-state index in [0.717, 1.165) is 28.2 Å². The van der Waals surface area contributed by atoms with Crippen molar-refractivity contribution in [1.29, 1.82) is 0 Å². The molecule has 2 amide bonds. The van der Waals surface area contributed by atoms with Crippen molar-refractivity contribution in [3.63, 3.8) is 0 Å². The monoisotopic (exact) mass is 400 g/mol. The average molecular weight is 400 g/mol. The third-order valence-corrected chi connectivity index (χ3v) is 5.19. The standard InChI is InChI=1S/C22H20N6O2/c1-14-6-5-7-15(10-14)20-26-21(30-27-20)19-11-17-18(24-13-23-17)12-28(19)22(29)25-16-8-3-2-4-9-16/h2-10,13,19H,11-12H2,1H3,(H,23,24)(H,25,29)/t19-/m0/s1. The number of H-pyrrole nitrogens is 1. The highest BCUT2D eigenvalue weighted by atomic mass is 16.5. The molecule has 3 heterocycles. The Morgan fingerprint density at radius 1 is 1.20 bits per heavy atom. The van der Waals surface area contributed by atoms with Crippen LogP contribution in [0.5, 0.6) is 0 Å². The van der Waals surface area contributed by atoms with Crippen molar-refractivity contribution in [3.8, 4) is 11.4 Å². The number of hydrogen-bond acceptors (Lipinski definition) is 5. The van der Waals surface area contributed by atoms with Gasteiger partial charge in [0.25, 0.3) is 0 Å². The summed E-state index contributed by atoms with van der Waals surface area (Å²) in [5.41, 5.74) is 4.53. The maximum Gasteiger partial charge on any atom is 0.322 e. The van der Waals surface area contributed by atoms with Gasteiger partial charge in [-0.2, -0.15) is 4.98 Å². The lowest BCUT2D eigenvalue weighted by atomic mass is 10.0. The molecular weight excluding hydrogens is 380 g/mol. The van der Waals surface area contributed by atoms with Crippen molar-refractivity contribution >= 4 is 11.7 Å². The summed E-state index contributed by atoms with van der Waals surface area (Å²) in [6.45, 7) is 2.39. The number of urea groups is 1. The minimum absolute atomic E-state index is 0.234. The van der Waals surface area contributed by atoms with Gasteiger partial charge in [-0.05, 0) is 25.1 Å². The molecule has 1 atom stereocenters. The number of carbonyl (C=O) groups is 1. The van der Waals surface area contributed by atoms with E-state index < -0.39 is 6.04 Å². The summed E-state index contributed by atoms with van der Waals surface area (Å²) in [5, 5.41) is 7.09. The molecule has 30 heavy (non-hydrogen) atoms. The molecule has 5 rings (SSSR count). The van der Waals surface area contributed by atoms with E-state index in [1.165, 1.54) is 0 Å². The van der Waals surface area contributed by atoms with Crippen LogP contribution in [0.4, 0.5) is 10.5 Å². The van der Waals surface area contributed by atoms with E-state index in [1.807, 2.05) is 61.5 Å². The largest absolute Gasteiger partial charge is 0.347 e. The number of amides is 2. The molecule has 0 spiro atoms. The molecule has 0 saturated heterocycles. The maximum absolute atomic E-state index is 13.1. The molecule has 0 radical (unpaired) electrons. The number of carbonyl (C=O) groups excluding carboxylic acids is 1. The van der Waals surface area contributed by atoms with Crippen LogP contribution in [0, 0.1) is 6.92 Å². The van der Waals surface area contributed by atoms with Crippen LogP contribution in [0.3, 0.4) is 0 Å². The highest BCUT2D eigenvalue weighted by Gasteiger charge is 2.36. The zero-order valence-electron chi connectivity index (χ0n) is 16.4. The second-order valence-corrected chi connectivity index (χ2v) is 7.30. The van der Waals surface area contributed by atoms with Crippen molar-refractivity contribution in [2.75, 3.05) is 5.32 Å². The number of nitrogens with zero attached hydrogens (tertiary/aromatic N) is 4. The summed E-state index contributed by atoms with van der Waals surface area (Å²) < 4.78 is 5.60. The summed E-state index contributed by atoms with van der Waals surface area (Å²) in [6.07, 6.45) is 2.14. The average Bonchev–Trinajstić information content (AvgIpc) is 3.43. The summed E-state index contributed by atoms with van der Waals surface area (Å²) in [5.74, 6) is 0.897. The van der Waals surface area contributed by atoms with Crippen molar-refractivity contribution < 1.29 is 9.32 Å². The van der Waals surface area contributed by atoms with Gasteiger partial charge in [0.05, 0.1) is 24.3 Å². The van der Waals surface area contributed by atoms with Crippen LogP contribution in [-0.2, 0) is 13.0 Å². The van der Waals surface area contributed by atoms with Crippen LogP contribution in [-0.4, -0.2) is 31.0 Å². The Morgan fingerprint density at radius 3 is 2.90 bits per heavy atom. The Labute approximate surface area is 173 Å². The van der Waals surface area contributed by atoms with Gasteiger partial charge in [0, 0.05) is 17.7 Å². The highest BCUT2D eigenvalue weighted by molar-refractivity contribution is 5.89. The highest BCUT2D eigenvalue weighted by Crippen LogP contribution is 2.32. The van der Waals surface area contributed by atoms with Crippen LogP contribution < -0.4 is 5.32 Å². The van der Waals surface area contributed by atoms with E-state index >= 15 is 0 Å². The molecule has 2 aromatic heterocycles. The fraction of sp³-hybridized carbons (Fsp3) is 0.182. The predicted octanol–water partition coefficient (Wildman–Crippen LogP) is 4.10. The molecule has 150 valence electrons. The van der Waals surface area contributed by atoms with Gasteiger partial charge in [-0.3, -0.25) is 0 Å². The molecule has 0 aliphatic carbocycles. The lowest BCUT2D eigenvalue weighted by molar-refractivity contribution is 0.155. The van der Waals surface area contributed by atoms with Crippen LogP contribution in [0.25, 0.3) is 11.4 Å². The Morgan fingerprint density at radius 2 is 2.07 bits per heavy atom. The SMILES string of the molecule is Cc1cccc(-c2noc([C@@H]3Cc4nc[nH]c4CN3C(=O)Nc3ccccc3)n2)c1. The van der Waals surface area contributed by atoms with Gasteiger partial charge in [0.1, 0.15) is 6.04 Å². The first-order valence-corrected chi connectivity index (χ1v) is 9.72. The Hall–Kier alpha value is -3.94. The number of fused-ring (bicyclic) bond motifs is 1. The van der Waals surface area contributed by atoms with Gasteiger partial charge >= 0.3 is 6.03 Å². The summed E-state index contributed by atoms with van der Waals surface area (Å²) >= 11 is 0. The van der Waals surface area contributed by atoms with E-state index in [-0.39, 0.29) is 6.03 Å². The number of anilines is 1. The van der Waals surface area contributed by atoms with Crippen LogP contribution in [0.2, 0.25) is 0 Å². The zero-order chi connectivity index (χ0) is 20.5. The molecular formula is C22H20N6O2. The minimum atomic E-state index is -0.407. The Kier molecular flexibility index (Phi) is 4.51. The van der Waals surface area contributed by atoms with Crippen molar-refractivity contribution in [1.82, 2.24) is 25.0 Å². The summed E-state index contributed by atoms with van der Waals surface area (Å²) in [6, 6.07) is 16.6. The number of rotatable bonds is 3. The lowest BCUT2D eigenvalue weighted by Gasteiger charge is -2.32. The third-order valence-electron chi connectivity index (χ3n) is 5.19. The van der Waals surface area contributed by atoms with Gasteiger partial charge in [-0.1, -0.05) is 47.1 Å². The molecule has 1 aliphatic heterocycles. The lowest BCUT2D eigenvalue weighted by Crippen LogP contribution is -2.41. The number of benzene rings is 2.